The highest BCUT2D eigenvalue weighted by Crippen LogP contribution is 2.17. The zero-order valence-electron chi connectivity index (χ0n) is 11.0. The number of rotatable bonds is 7. The summed E-state index contributed by atoms with van der Waals surface area (Å²) < 4.78 is 0. The molecule has 0 radical (unpaired) electrons. The Morgan fingerprint density at radius 2 is 2.05 bits per heavy atom. The van der Waals surface area contributed by atoms with E-state index in [0.29, 0.717) is 42.0 Å². The molecule has 0 saturated carbocycles. The second kappa shape index (κ2) is 7.76. The Morgan fingerprint density at radius 3 is 2.65 bits per heavy atom. The second-order valence-electron chi connectivity index (χ2n) is 4.47. The third-order valence-corrected chi connectivity index (χ3v) is 3.22. The lowest BCUT2D eigenvalue weighted by atomic mass is 10.1. The van der Waals surface area contributed by atoms with Gasteiger partial charge in [-0.2, -0.15) is 0 Å². The first-order valence-corrected chi connectivity index (χ1v) is 6.71. The van der Waals surface area contributed by atoms with Gasteiger partial charge in [0.2, 0.25) is 0 Å². The van der Waals surface area contributed by atoms with Gasteiger partial charge in [-0.3, -0.25) is 9.59 Å². The van der Waals surface area contributed by atoms with Crippen LogP contribution in [0.25, 0.3) is 0 Å². The van der Waals surface area contributed by atoms with Crippen molar-refractivity contribution in [1.82, 2.24) is 5.32 Å². The molecule has 1 aromatic carbocycles. The minimum atomic E-state index is -1.00. The highest BCUT2D eigenvalue weighted by atomic mass is 32.1. The molecule has 7 heteroatoms. The van der Waals surface area contributed by atoms with Crippen LogP contribution in [0.4, 0.5) is 5.69 Å². The molecular formula is C13H19N3O3S. The molecule has 1 amide bonds. The number of aliphatic carboxylic acids is 1. The van der Waals surface area contributed by atoms with Crippen LogP contribution in [0.1, 0.15) is 29.6 Å². The largest absolute Gasteiger partial charge is 0.480 e. The summed E-state index contributed by atoms with van der Waals surface area (Å²) >= 11 is 4.15. The van der Waals surface area contributed by atoms with E-state index in [4.69, 9.17) is 16.6 Å². The lowest BCUT2D eigenvalue weighted by Gasteiger charge is -2.08. The Morgan fingerprint density at radius 1 is 1.35 bits per heavy atom. The number of hydrogen-bond acceptors (Lipinski definition) is 5. The third-order valence-electron chi connectivity index (χ3n) is 2.84. The lowest BCUT2D eigenvalue weighted by molar-refractivity contribution is -0.138. The summed E-state index contributed by atoms with van der Waals surface area (Å²) in [7, 11) is 0. The van der Waals surface area contributed by atoms with E-state index < -0.39 is 12.0 Å². The van der Waals surface area contributed by atoms with Gasteiger partial charge in [0.05, 0.1) is 0 Å². The zero-order chi connectivity index (χ0) is 15.1. The van der Waals surface area contributed by atoms with Crippen molar-refractivity contribution in [3.05, 3.63) is 23.8 Å². The van der Waals surface area contributed by atoms with E-state index in [-0.39, 0.29) is 5.91 Å². The Balaban J connectivity index is 2.30. The van der Waals surface area contributed by atoms with Crippen LogP contribution in [0.3, 0.4) is 0 Å². The van der Waals surface area contributed by atoms with Crippen LogP contribution >= 0.6 is 12.6 Å². The maximum Gasteiger partial charge on any atom is 0.320 e. The molecule has 1 rings (SSSR count). The smallest absolute Gasteiger partial charge is 0.320 e. The van der Waals surface area contributed by atoms with Crippen LogP contribution < -0.4 is 16.8 Å². The molecule has 110 valence electrons. The predicted molar refractivity (Wildman–Crippen MR) is 79.9 cm³/mol. The summed E-state index contributed by atoms with van der Waals surface area (Å²) in [6.07, 6.45) is 1.72. The molecule has 0 aliphatic heterocycles. The van der Waals surface area contributed by atoms with Gasteiger partial charge >= 0.3 is 5.97 Å². The summed E-state index contributed by atoms with van der Waals surface area (Å²) in [4.78, 5) is 22.9. The Labute approximate surface area is 122 Å². The van der Waals surface area contributed by atoms with Gasteiger partial charge in [-0.1, -0.05) is 0 Å². The van der Waals surface area contributed by atoms with Gasteiger partial charge in [0.1, 0.15) is 6.04 Å². The van der Waals surface area contributed by atoms with E-state index in [9.17, 15) is 9.59 Å². The summed E-state index contributed by atoms with van der Waals surface area (Å²) in [6.45, 7) is 0.470. The number of carbonyl (C=O) groups is 2. The van der Waals surface area contributed by atoms with Crippen LogP contribution in [-0.4, -0.2) is 29.6 Å². The normalized spacial score (nSPS) is 11.9. The molecule has 0 spiro atoms. The number of nitrogens with two attached hydrogens (primary N) is 2. The minimum Gasteiger partial charge on any atom is -0.480 e. The van der Waals surface area contributed by atoms with Crippen molar-refractivity contribution < 1.29 is 14.7 Å². The monoisotopic (exact) mass is 297 g/mol. The topological polar surface area (TPSA) is 118 Å². The van der Waals surface area contributed by atoms with E-state index in [1.165, 1.54) is 0 Å². The van der Waals surface area contributed by atoms with Crippen molar-refractivity contribution in [1.29, 1.82) is 0 Å². The zero-order valence-corrected chi connectivity index (χ0v) is 11.9. The molecule has 0 bridgehead atoms. The molecule has 0 saturated heterocycles. The first-order valence-electron chi connectivity index (χ1n) is 6.27. The van der Waals surface area contributed by atoms with Crippen LogP contribution in [0, 0.1) is 0 Å². The van der Waals surface area contributed by atoms with E-state index in [2.05, 4.69) is 17.9 Å². The van der Waals surface area contributed by atoms with Crippen molar-refractivity contribution in [3.8, 4) is 0 Å². The average molecular weight is 297 g/mol. The summed E-state index contributed by atoms with van der Waals surface area (Å²) in [6, 6.07) is 4.02. The van der Waals surface area contributed by atoms with Crippen molar-refractivity contribution >= 4 is 30.2 Å². The molecule has 0 fully saturated rings. The van der Waals surface area contributed by atoms with Crippen molar-refractivity contribution in [2.24, 2.45) is 5.73 Å². The van der Waals surface area contributed by atoms with E-state index in [1.807, 2.05) is 0 Å². The van der Waals surface area contributed by atoms with Gasteiger partial charge in [-0.15, -0.1) is 12.6 Å². The number of thiol groups is 1. The molecule has 20 heavy (non-hydrogen) atoms. The predicted octanol–water partition coefficient (Wildman–Crippen LogP) is 0.869. The maximum atomic E-state index is 11.8. The molecule has 0 unspecified atom stereocenters. The quantitative estimate of drug-likeness (QED) is 0.291. The second-order valence-corrected chi connectivity index (χ2v) is 4.95. The average Bonchev–Trinajstić information content (AvgIpc) is 2.40. The fraction of sp³-hybridized carbons (Fsp3) is 0.385. The third kappa shape index (κ3) is 5.10. The molecule has 6 nitrogen and oxygen atoms in total. The molecule has 0 aliphatic carbocycles. The number of nitrogens with one attached hydrogen (secondary N) is 1. The number of nitrogen functional groups attached to an aromatic ring is 1. The summed E-state index contributed by atoms with van der Waals surface area (Å²) in [5.74, 6) is -1.21. The van der Waals surface area contributed by atoms with Crippen LogP contribution in [0.15, 0.2) is 23.1 Å². The van der Waals surface area contributed by atoms with E-state index in [0.717, 1.165) is 0 Å². The van der Waals surface area contributed by atoms with Crippen molar-refractivity contribution in [2.45, 2.75) is 30.2 Å². The number of carboxylic acids is 1. The molecule has 1 aromatic rings. The lowest BCUT2D eigenvalue weighted by Crippen LogP contribution is -2.30. The van der Waals surface area contributed by atoms with Crippen molar-refractivity contribution in [3.63, 3.8) is 0 Å². The summed E-state index contributed by atoms with van der Waals surface area (Å²) in [5.41, 5.74) is 12.0. The van der Waals surface area contributed by atoms with Crippen LogP contribution in [-0.2, 0) is 4.79 Å². The Bertz CT molecular complexity index is 494. The van der Waals surface area contributed by atoms with Crippen LogP contribution in [0.5, 0.6) is 0 Å². The number of unbranched alkanes of at least 4 members (excludes halogenated alkanes) is 1. The van der Waals surface area contributed by atoms with Crippen LogP contribution in [0.2, 0.25) is 0 Å². The fourth-order valence-electron chi connectivity index (χ4n) is 1.60. The Hall–Kier alpha value is -1.73. The van der Waals surface area contributed by atoms with Crippen molar-refractivity contribution in [2.75, 3.05) is 12.3 Å². The fourth-order valence-corrected chi connectivity index (χ4v) is 1.82. The van der Waals surface area contributed by atoms with Gasteiger partial charge in [-0.25, -0.2) is 0 Å². The Kier molecular flexibility index (Phi) is 6.33. The molecule has 0 aromatic heterocycles. The van der Waals surface area contributed by atoms with E-state index >= 15 is 0 Å². The molecule has 0 aliphatic rings. The first kappa shape index (κ1) is 16.3. The molecule has 1 atom stereocenters. The SMILES string of the molecule is Nc1ccc(C(=O)NCCCC[C@H](N)C(=O)O)cc1S. The van der Waals surface area contributed by atoms with Gasteiger partial charge in [0.15, 0.2) is 0 Å². The molecular weight excluding hydrogens is 278 g/mol. The number of amides is 1. The van der Waals surface area contributed by atoms with E-state index in [1.54, 1.807) is 18.2 Å². The standard InChI is InChI=1S/C13H19N3O3S/c14-9-5-4-8(7-11(9)20)12(17)16-6-2-1-3-10(15)13(18)19/h4-5,7,10,20H,1-3,6,14-15H2,(H,16,17)(H,18,19)/t10-/m0/s1. The van der Waals surface area contributed by atoms with Gasteiger partial charge < -0.3 is 21.9 Å². The van der Waals surface area contributed by atoms with Gasteiger partial charge in [0.25, 0.3) is 5.91 Å². The number of hydrogen-bond donors (Lipinski definition) is 5. The highest BCUT2D eigenvalue weighted by Gasteiger charge is 2.10. The first-order chi connectivity index (χ1) is 9.41. The highest BCUT2D eigenvalue weighted by molar-refractivity contribution is 7.80. The number of carboxylic acid groups (broad SMARTS) is 1. The number of carbonyl (C=O) groups excluding carboxylic acids is 1. The number of benzene rings is 1. The maximum absolute atomic E-state index is 11.8. The van der Waals surface area contributed by atoms with Gasteiger partial charge in [-0.05, 0) is 37.5 Å². The van der Waals surface area contributed by atoms with Gasteiger partial charge in [0, 0.05) is 22.7 Å². The minimum absolute atomic E-state index is 0.206. The molecule has 0 heterocycles. The number of anilines is 1. The molecule has 6 N–H and O–H groups in total. The summed E-state index contributed by atoms with van der Waals surface area (Å²) in [5, 5.41) is 11.4.